The fourth-order valence-corrected chi connectivity index (χ4v) is 3.16. The Morgan fingerprint density at radius 1 is 1.00 bits per heavy atom. The molecular formula is C15H13Cl3N2O. The van der Waals surface area contributed by atoms with Crippen LogP contribution in [-0.2, 0) is 4.74 Å². The zero-order chi connectivity index (χ0) is 15.0. The van der Waals surface area contributed by atoms with Crippen molar-refractivity contribution in [1.29, 1.82) is 0 Å². The molecule has 1 aliphatic heterocycles. The lowest BCUT2D eigenvalue weighted by atomic mass is 10.1. The van der Waals surface area contributed by atoms with Gasteiger partial charge in [0.05, 0.1) is 11.7 Å². The molecule has 21 heavy (non-hydrogen) atoms. The molecule has 1 aliphatic rings. The number of nitrogens with zero attached hydrogens (tertiary/aromatic N) is 2. The Hall–Kier alpha value is -0.870. The van der Waals surface area contributed by atoms with Gasteiger partial charge in [-0.3, -0.25) is 0 Å². The zero-order valence-corrected chi connectivity index (χ0v) is 13.6. The molecule has 1 aromatic heterocycles. The van der Waals surface area contributed by atoms with Gasteiger partial charge in [-0.2, -0.15) is 0 Å². The topological polar surface area (TPSA) is 35.0 Å². The first-order valence-corrected chi connectivity index (χ1v) is 7.82. The van der Waals surface area contributed by atoms with Crippen LogP contribution in [-0.4, -0.2) is 16.1 Å². The molecule has 0 radical (unpaired) electrons. The smallest absolute Gasteiger partial charge is 0.160 e. The number of benzene rings is 1. The SMILES string of the molecule is CC1CCC(c2nc(Cl)c(-c3ccc(Cl)cc3)c(Cl)n2)O1. The zero-order valence-electron chi connectivity index (χ0n) is 11.3. The van der Waals surface area contributed by atoms with Crippen LogP contribution in [0.4, 0.5) is 0 Å². The first-order valence-electron chi connectivity index (χ1n) is 6.69. The molecule has 0 spiro atoms. The van der Waals surface area contributed by atoms with Gasteiger partial charge in [-0.25, -0.2) is 9.97 Å². The average Bonchev–Trinajstić information content (AvgIpc) is 2.87. The van der Waals surface area contributed by atoms with Crippen molar-refractivity contribution in [3.05, 3.63) is 45.4 Å². The molecule has 2 aromatic rings. The van der Waals surface area contributed by atoms with Crippen LogP contribution < -0.4 is 0 Å². The molecule has 0 N–H and O–H groups in total. The van der Waals surface area contributed by atoms with E-state index in [9.17, 15) is 0 Å². The number of ether oxygens (including phenoxy) is 1. The molecule has 0 aliphatic carbocycles. The van der Waals surface area contributed by atoms with Gasteiger partial charge in [0.25, 0.3) is 0 Å². The molecule has 2 atom stereocenters. The molecular weight excluding hydrogens is 331 g/mol. The maximum Gasteiger partial charge on any atom is 0.160 e. The van der Waals surface area contributed by atoms with Crippen molar-refractivity contribution in [1.82, 2.24) is 9.97 Å². The van der Waals surface area contributed by atoms with Crippen LogP contribution in [0.2, 0.25) is 15.3 Å². The molecule has 3 nitrogen and oxygen atoms in total. The Morgan fingerprint density at radius 2 is 1.62 bits per heavy atom. The third-order valence-corrected chi connectivity index (χ3v) is 4.29. The predicted molar refractivity (Wildman–Crippen MR) is 85.0 cm³/mol. The lowest BCUT2D eigenvalue weighted by molar-refractivity contribution is 0.0503. The Bertz CT molecular complexity index is 637. The lowest BCUT2D eigenvalue weighted by Crippen LogP contribution is -2.06. The maximum atomic E-state index is 6.30. The summed E-state index contributed by atoms with van der Waals surface area (Å²) in [5, 5.41) is 1.31. The van der Waals surface area contributed by atoms with E-state index in [1.54, 1.807) is 12.1 Å². The molecule has 110 valence electrons. The van der Waals surface area contributed by atoms with Crippen molar-refractivity contribution >= 4 is 34.8 Å². The summed E-state index contributed by atoms with van der Waals surface area (Å²) < 4.78 is 5.76. The summed E-state index contributed by atoms with van der Waals surface area (Å²) in [5.41, 5.74) is 1.45. The van der Waals surface area contributed by atoms with Crippen molar-refractivity contribution in [2.75, 3.05) is 0 Å². The standard InChI is InChI=1S/C15H13Cl3N2O/c1-8-2-7-11(21-8)15-19-13(17)12(14(18)20-15)9-3-5-10(16)6-4-9/h3-6,8,11H,2,7H2,1H3. The van der Waals surface area contributed by atoms with Crippen LogP contribution in [0.25, 0.3) is 11.1 Å². The minimum absolute atomic E-state index is 0.130. The van der Waals surface area contributed by atoms with Gasteiger partial charge in [0.15, 0.2) is 5.82 Å². The van der Waals surface area contributed by atoms with Crippen LogP contribution >= 0.6 is 34.8 Å². The van der Waals surface area contributed by atoms with Gasteiger partial charge in [0.2, 0.25) is 0 Å². The number of hydrogen-bond acceptors (Lipinski definition) is 3. The summed E-state index contributed by atoms with van der Waals surface area (Å²) in [7, 11) is 0. The number of halogens is 3. The highest BCUT2D eigenvalue weighted by Gasteiger charge is 2.27. The van der Waals surface area contributed by atoms with Gasteiger partial charge < -0.3 is 4.74 Å². The fraction of sp³-hybridized carbons (Fsp3) is 0.333. The molecule has 0 bridgehead atoms. The highest BCUT2D eigenvalue weighted by Crippen LogP contribution is 2.37. The largest absolute Gasteiger partial charge is 0.367 e. The van der Waals surface area contributed by atoms with Gasteiger partial charge in [-0.15, -0.1) is 0 Å². The number of hydrogen-bond donors (Lipinski definition) is 0. The lowest BCUT2D eigenvalue weighted by Gasteiger charge is -2.13. The maximum absolute atomic E-state index is 6.30. The third kappa shape index (κ3) is 3.16. The van der Waals surface area contributed by atoms with E-state index in [-0.39, 0.29) is 12.2 Å². The molecule has 1 aromatic carbocycles. The van der Waals surface area contributed by atoms with Gasteiger partial charge in [-0.05, 0) is 37.5 Å². The van der Waals surface area contributed by atoms with Gasteiger partial charge >= 0.3 is 0 Å². The van der Waals surface area contributed by atoms with E-state index in [0.717, 1.165) is 18.4 Å². The first kappa shape index (κ1) is 15.0. The van der Waals surface area contributed by atoms with Crippen molar-refractivity contribution in [2.45, 2.75) is 32.0 Å². The van der Waals surface area contributed by atoms with Crippen molar-refractivity contribution < 1.29 is 4.74 Å². The minimum atomic E-state index is -0.130. The predicted octanol–water partition coefficient (Wildman–Crippen LogP) is 5.34. The third-order valence-electron chi connectivity index (χ3n) is 3.49. The van der Waals surface area contributed by atoms with Crippen LogP contribution in [0.3, 0.4) is 0 Å². The monoisotopic (exact) mass is 342 g/mol. The second-order valence-electron chi connectivity index (χ2n) is 5.06. The second-order valence-corrected chi connectivity index (χ2v) is 6.21. The fourth-order valence-electron chi connectivity index (χ4n) is 2.41. The quantitative estimate of drug-likeness (QED) is 0.690. The molecule has 0 saturated carbocycles. The van der Waals surface area contributed by atoms with E-state index in [4.69, 9.17) is 39.5 Å². The normalized spacial score (nSPS) is 21.7. The molecule has 6 heteroatoms. The van der Waals surface area contributed by atoms with E-state index >= 15 is 0 Å². The molecule has 2 unspecified atom stereocenters. The number of rotatable bonds is 2. The Kier molecular flexibility index (Phi) is 4.36. The van der Waals surface area contributed by atoms with Crippen molar-refractivity contribution in [3.8, 4) is 11.1 Å². The van der Waals surface area contributed by atoms with E-state index < -0.39 is 0 Å². The molecule has 0 amide bonds. The first-order chi connectivity index (χ1) is 10.0. The summed E-state index contributed by atoms with van der Waals surface area (Å²) in [6.45, 7) is 2.03. The van der Waals surface area contributed by atoms with E-state index in [2.05, 4.69) is 9.97 Å². The molecule has 2 heterocycles. The Labute approximate surface area is 138 Å². The molecule has 1 fully saturated rings. The van der Waals surface area contributed by atoms with Crippen LogP contribution in [0.5, 0.6) is 0 Å². The van der Waals surface area contributed by atoms with Crippen LogP contribution in [0.15, 0.2) is 24.3 Å². The van der Waals surface area contributed by atoms with Crippen molar-refractivity contribution in [3.63, 3.8) is 0 Å². The highest BCUT2D eigenvalue weighted by atomic mass is 35.5. The van der Waals surface area contributed by atoms with E-state index in [1.807, 2.05) is 19.1 Å². The minimum Gasteiger partial charge on any atom is -0.367 e. The molecule has 1 saturated heterocycles. The van der Waals surface area contributed by atoms with E-state index in [0.29, 0.717) is 26.7 Å². The number of aromatic nitrogens is 2. The van der Waals surface area contributed by atoms with Gasteiger partial charge in [0.1, 0.15) is 16.4 Å². The second kappa shape index (κ2) is 6.09. The Morgan fingerprint density at radius 3 is 2.14 bits per heavy atom. The van der Waals surface area contributed by atoms with Gasteiger partial charge in [-0.1, -0.05) is 46.9 Å². The molecule has 3 rings (SSSR count). The van der Waals surface area contributed by atoms with Crippen molar-refractivity contribution in [2.24, 2.45) is 0 Å². The van der Waals surface area contributed by atoms with Crippen LogP contribution in [0, 0.1) is 0 Å². The summed E-state index contributed by atoms with van der Waals surface area (Å²) in [5.74, 6) is 0.548. The summed E-state index contributed by atoms with van der Waals surface area (Å²) in [4.78, 5) is 8.72. The summed E-state index contributed by atoms with van der Waals surface area (Å²) >= 11 is 18.5. The average molecular weight is 344 g/mol. The van der Waals surface area contributed by atoms with E-state index in [1.165, 1.54) is 0 Å². The summed E-state index contributed by atoms with van der Waals surface area (Å²) in [6, 6.07) is 7.23. The summed E-state index contributed by atoms with van der Waals surface area (Å²) in [6.07, 6.45) is 1.96. The Balaban J connectivity index is 1.98. The van der Waals surface area contributed by atoms with Crippen LogP contribution in [0.1, 0.15) is 31.7 Å². The highest BCUT2D eigenvalue weighted by molar-refractivity contribution is 6.37. The van der Waals surface area contributed by atoms with Gasteiger partial charge in [0, 0.05) is 5.02 Å².